The van der Waals surface area contributed by atoms with Crippen LogP contribution in [0, 0.1) is 6.92 Å². The number of aryl methyl sites for hydroxylation is 1. The molecule has 19 heavy (non-hydrogen) atoms. The van der Waals surface area contributed by atoms with Gasteiger partial charge in [-0.25, -0.2) is 0 Å². The normalized spacial score (nSPS) is 10.2. The maximum atomic E-state index is 11.9. The van der Waals surface area contributed by atoms with Crippen LogP contribution < -0.4 is 4.74 Å². The van der Waals surface area contributed by atoms with Crippen LogP contribution in [0.15, 0.2) is 48.5 Å². The number of rotatable bonds is 5. The Balaban J connectivity index is 2.22. The summed E-state index contributed by atoms with van der Waals surface area (Å²) in [5.41, 5.74) is 2.77. The summed E-state index contributed by atoms with van der Waals surface area (Å²) >= 11 is 0. The van der Waals surface area contributed by atoms with Gasteiger partial charge in [0.2, 0.25) is 0 Å². The third kappa shape index (κ3) is 3.22. The molecule has 2 aromatic rings. The van der Waals surface area contributed by atoms with Gasteiger partial charge in [0.05, 0.1) is 5.56 Å². The van der Waals surface area contributed by atoms with Crippen molar-refractivity contribution in [2.45, 2.75) is 26.9 Å². The molecule has 98 valence electrons. The van der Waals surface area contributed by atoms with Crippen LogP contribution in [0.2, 0.25) is 0 Å². The highest BCUT2D eigenvalue weighted by Crippen LogP contribution is 2.25. The zero-order valence-electron chi connectivity index (χ0n) is 11.3. The molecule has 0 unspecified atom stereocenters. The van der Waals surface area contributed by atoms with Crippen LogP contribution in [-0.4, -0.2) is 5.78 Å². The van der Waals surface area contributed by atoms with E-state index in [0.717, 1.165) is 11.1 Å². The summed E-state index contributed by atoms with van der Waals surface area (Å²) in [6.45, 7) is 4.31. The summed E-state index contributed by atoms with van der Waals surface area (Å²) in [4.78, 5) is 11.9. The van der Waals surface area contributed by atoms with Crippen LogP contribution in [0.4, 0.5) is 0 Å². The Hall–Kier alpha value is -2.09. The number of para-hydroxylation sites is 1. The van der Waals surface area contributed by atoms with Gasteiger partial charge >= 0.3 is 0 Å². The largest absolute Gasteiger partial charge is 0.488 e. The lowest BCUT2D eigenvalue weighted by Gasteiger charge is -2.13. The Kier molecular flexibility index (Phi) is 4.35. The van der Waals surface area contributed by atoms with E-state index in [-0.39, 0.29) is 5.78 Å². The van der Waals surface area contributed by atoms with E-state index in [2.05, 4.69) is 0 Å². The van der Waals surface area contributed by atoms with Gasteiger partial charge in [-0.3, -0.25) is 4.79 Å². The summed E-state index contributed by atoms with van der Waals surface area (Å²) in [5.74, 6) is 0.824. The van der Waals surface area contributed by atoms with Gasteiger partial charge in [-0.1, -0.05) is 49.4 Å². The van der Waals surface area contributed by atoms with Crippen molar-refractivity contribution < 1.29 is 9.53 Å². The van der Waals surface area contributed by atoms with E-state index in [1.165, 1.54) is 0 Å². The lowest BCUT2D eigenvalue weighted by atomic mass is 10.0. The lowest BCUT2D eigenvalue weighted by Crippen LogP contribution is -2.05. The molecule has 0 heterocycles. The van der Waals surface area contributed by atoms with Crippen molar-refractivity contribution >= 4 is 5.78 Å². The molecule has 2 rings (SSSR count). The molecule has 0 aromatic heterocycles. The molecule has 0 amide bonds. The fourth-order valence-electron chi connectivity index (χ4n) is 1.98. The number of ether oxygens (including phenoxy) is 1. The number of Topliss-reactive ketones (excluding diaryl/α,β-unsaturated/α-hetero) is 1. The molecule has 0 N–H and O–H groups in total. The smallest absolute Gasteiger partial charge is 0.166 e. The lowest BCUT2D eigenvalue weighted by molar-refractivity contribution is 0.0983. The predicted molar refractivity (Wildman–Crippen MR) is 76.6 cm³/mol. The monoisotopic (exact) mass is 254 g/mol. The number of hydrogen-bond donors (Lipinski definition) is 0. The fourth-order valence-corrected chi connectivity index (χ4v) is 1.98. The second-order valence-electron chi connectivity index (χ2n) is 4.50. The van der Waals surface area contributed by atoms with Crippen LogP contribution in [0.3, 0.4) is 0 Å². The molecular weight excluding hydrogens is 236 g/mol. The van der Waals surface area contributed by atoms with Gasteiger partial charge in [0, 0.05) is 6.42 Å². The number of carbonyl (C=O) groups excluding carboxylic acids is 1. The van der Waals surface area contributed by atoms with E-state index in [9.17, 15) is 4.79 Å². The van der Waals surface area contributed by atoms with Crippen molar-refractivity contribution in [3.05, 3.63) is 65.2 Å². The minimum atomic E-state index is 0.117. The zero-order chi connectivity index (χ0) is 13.7. The van der Waals surface area contributed by atoms with Crippen LogP contribution in [0.1, 0.15) is 34.8 Å². The van der Waals surface area contributed by atoms with Crippen molar-refractivity contribution in [1.82, 2.24) is 0 Å². The standard InChI is InChI=1S/C17H18O2/c1-3-16(18)15-11-7-8-13(2)17(15)19-12-14-9-5-4-6-10-14/h4-11H,3,12H2,1-2H3. The molecule has 0 spiro atoms. The fraction of sp³-hybridized carbons (Fsp3) is 0.235. The molecule has 0 aliphatic rings. The predicted octanol–water partition coefficient (Wildman–Crippen LogP) is 4.17. The molecule has 0 bridgehead atoms. The Morgan fingerprint density at radius 3 is 2.47 bits per heavy atom. The van der Waals surface area contributed by atoms with Crippen molar-refractivity contribution in [3.8, 4) is 5.75 Å². The van der Waals surface area contributed by atoms with Crippen molar-refractivity contribution in [1.29, 1.82) is 0 Å². The first-order valence-electron chi connectivity index (χ1n) is 6.52. The van der Waals surface area contributed by atoms with E-state index < -0.39 is 0 Å². The van der Waals surface area contributed by atoms with E-state index >= 15 is 0 Å². The van der Waals surface area contributed by atoms with E-state index in [4.69, 9.17) is 4.74 Å². The van der Waals surface area contributed by atoms with Gasteiger partial charge in [0.15, 0.2) is 5.78 Å². The minimum Gasteiger partial charge on any atom is -0.488 e. The number of ketones is 1. The molecule has 0 saturated heterocycles. The van der Waals surface area contributed by atoms with Gasteiger partial charge in [0.25, 0.3) is 0 Å². The highest BCUT2D eigenvalue weighted by molar-refractivity contribution is 5.98. The maximum absolute atomic E-state index is 11.9. The van der Waals surface area contributed by atoms with Gasteiger partial charge in [0.1, 0.15) is 12.4 Å². The van der Waals surface area contributed by atoms with E-state index in [0.29, 0.717) is 24.3 Å². The van der Waals surface area contributed by atoms with Crippen LogP contribution in [-0.2, 0) is 6.61 Å². The molecule has 2 nitrogen and oxygen atoms in total. The summed E-state index contributed by atoms with van der Waals surface area (Å²) < 4.78 is 5.86. The van der Waals surface area contributed by atoms with E-state index in [1.807, 2.05) is 62.4 Å². The Morgan fingerprint density at radius 2 is 1.79 bits per heavy atom. The average Bonchev–Trinajstić information content (AvgIpc) is 2.46. The Bertz CT molecular complexity index is 559. The second kappa shape index (κ2) is 6.19. The van der Waals surface area contributed by atoms with Gasteiger partial charge in [-0.15, -0.1) is 0 Å². The second-order valence-corrected chi connectivity index (χ2v) is 4.50. The zero-order valence-corrected chi connectivity index (χ0v) is 11.3. The van der Waals surface area contributed by atoms with Gasteiger partial charge < -0.3 is 4.74 Å². The SMILES string of the molecule is CCC(=O)c1cccc(C)c1OCc1ccccc1. The number of benzene rings is 2. The molecule has 0 radical (unpaired) electrons. The minimum absolute atomic E-state index is 0.117. The maximum Gasteiger partial charge on any atom is 0.166 e. The van der Waals surface area contributed by atoms with Crippen LogP contribution in [0.5, 0.6) is 5.75 Å². The van der Waals surface area contributed by atoms with Crippen molar-refractivity contribution in [2.75, 3.05) is 0 Å². The molecule has 0 aliphatic heterocycles. The third-order valence-corrected chi connectivity index (χ3v) is 3.06. The summed E-state index contributed by atoms with van der Waals surface area (Å²) in [7, 11) is 0. The highest BCUT2D eigenvalue weighted by Gasteiger charge is 2.12. The number of hydrogen-bond acceptors (Lipinski definition) is 2. The van der Waals surface area contributed by atoms with E-state index in [1.54, 1.807) is 0 Å². The number of carbonyl (C=O) groups is 1. The van der Waals surface area contributed by atoms with Gasteiger partial charge in [-0.2, -0.15) is 0 Å². The first kappa shape index (κ1) is 13.3. The summed E-state index contributed by atoms with van der Waals surface area (Å²) in [6, 6.07) is 15.7. The Labute approximate surface area is 114 Å². The van der Waals surface area contributed by atoms with Gasteiger partial charge in [-0.05, 0) is 24.1 Å². The van der Waals surface area contributed by atoms with Crippen LogP contribution in [0.25, 0.3) is 0 Å². The summed E-state index contributed by atoms with van der Waals surface area (Å²) in [6.07, 6.45) is 0.491. The molecule has 2 aromatic carbocycles. The molecule has 0 saturated carbocycles. The molecule has 0 fully saturated rings. The molecule has 0 aliphatic carbocycles. The highest BCUT2D eigenvalue weighted by atomic mass is 16.5. The molecular formula is C17H18O2. The first-order valence-corrected chi connectivity index (χ1v) is 6.52. The molecule has 2 heteroatoms. The molecule has 0 atom stereocenters. The quantitative estimate of drug-likeness (QED) is 0.749. The topological polar surface area (TPSA) is 26.3 Å². The first-order chi connectivity index (χ1) is 9.22. The third-order valence-electron chi connectivity index (χ3n) is 3.06. The average molecular weight is 254 g/mol. The summed E-state index contributed by atoms with van der Waals surface area (Å²) in [5, 5.41) is 0. The Morgan fingerprint density at radius 1 is 1.05 bits per heavy atom. The van der Waals surface area contributed by atoms with Crippen molar-refractivity contribution in [2.24, 2.45) is 0 Å². The van der Waals surface area contributed by atoms with Crippen LogP contribution >= 0.6 is 0 Å². The van der Waals surface area contributed by atoms with Crippen molar-refractivity contribution in [3.63, 3.8) is 0 Å².